The highest BCUT2D eigenvalue weighted by Crippen LogP contribution is 2.27. The molecule has 1 aromatic heterocycles. The minimum Gasteiger partial charge on any atom is -0.497 e. The molecule has 1 heterocycles. The van der Waals surface area contributed by atoms with E-state index in [0.29, 0.717) is 18.8 Å². The molecule has 6 nitrogen and oxygen atoms in total. The number of benzene rings is 2. The van der Waals surface area contributed by atoms with Gasteiger partial charge in [0, 0.05) is 31.5 Å². The van der Waals surface area contributed by atoms with Crippen LogP contribution in [0.3, 0.4) is 0 Å². The second-order valence-electron chi connectivity index (χ2n) is 6.83. The van der Waals surface area contributed by atoms with Crippen LogP contribution in [0.25, 0.3) is 17.0 Å². The third-order valence-corrected chi connectivity index (χ3v) is 5.02. The van der Waals surface area contributed by atoms with Crippen molar-refractivity contribution in [2.75, 3.05) is 27.9 Å². The smallest absolute Gasteiger partial charge is 0.166 e. The van der Waals surface area contributed by atoms with Crippen LogP contribution in [0.5, 0.6) is 11.5 Å². The Kier molecular flexibility index (Phi) is 7.03. The van der Waals surface area contributed by atoms with Crippen molar-refractivity contribution in [2.24, 2.45) is 0 Å². The molecule has 0 atom stereocenters. The predicted molar refractivity (Wildman–Crippen MR) is 116 cm³/mol. The summed E-state index contributed by atoms with van der Waals surface area (Å²) in [4.78, 5) is 21.6. The lowest BCUT2D eigenvalue weighted by Gasteiger charge is -2.07. The maximum atomic E-state index is 11.0. The summed E-state index contributed by atoms with van der Waals surface area (Å²) in [5, 5.41) is 1.03. The average molecular weight is 407 g/mol. The van der Waals surface area contributed by atoms with Gasteiger partial charge in [-0.05, 0) is 53.1 Å². The number of carbonyl (C=O) groups excluding carboxylic acids is 2. The number of allylic oxidation sites excluding steroid dienone is 1. The van der Waals surface area contributed by atoms with Crippen LogP contribution in [0.2, 0.25) is 0 Å². The van der Waals surface area contributed by atoms with Crippen molar-refractivity contribution in [3.63, 3.8) is 0 Å². The fourth-order valence-corrected chi connectivity index (χ4v) is 3.46. The van der Waals surface area contributed by atoms with Gasteiger partial charge in [-0.2, -0.15) is 0 Å². The lowest BCUT2D eigenvalue weighted by atomic mass is 10.1. The first-order valence-corrected chi connectivity index (χ1v) is 9.57. The van der Waals surface area contributed by atoms with Crippen LogP contribution in [0.4, 0.5) is 0 Å². The maximum Gasteiger partial charge on any atom is 0.166 e. The van der Waals surface area contributed by atoms with Crippen LogP contribution in [-0.2, 0) is 22.5 Å². The molecule has 3 aromatic rings. The molecule has 0 aliphatic heterocycles. The first-order valence-electron chi connectivity index (χ1n) is 9.57. The Balaban J connectivity index is 0.000000177. The van der Waals surface area contributed by atoms with E-state index in [1.807, 2.05) is 53.1 Å². The zero-order valence-electron chi connectivity index (χ0n) is 17.4. The first kappa shape index (κ1) is 21.3. The molecular weight excluding hydrogens is 382 g/mol. The standard InChI is InChI=1S/C13H15NO3.C11H10O2/c1-16-6-5-14-11(9-15)7-10-3-4-12(17-2)8-13(10)14;1-13-11-3-2-9-4-8(7-12)5-10(9)6-11/h3-4,7-9H,5-6H2,1-2H3;2-4,6-7H,5H2,1H3. The number of rotatable bonds is 7. The molecule has 0 saturated heterocycles. The summed E-state index contributed by atoms with van der Waals surface area (Å²) < 4.78 is 17.3. The molecule has 0 bridgehead atoms. The zero-order chi connectivity index (χ0) is 21.5. The molecule has 0 unspecified atom stereocenters. The van der Waals surface area contributed by atoms with Crippen molar-refractivity contribution < 1.29 is 23.8 Å². The fourth-order valence-electron chi connectivity index (χ4n) is 3.46. The fraction of sp³-hybridized carbons (Fsp3) is 0.250. The number of ether oxygens (including phenoxy) is 3. The summed E-state index contributed by atoms with van der Waals surface area (Å²) >= 11 is 0. The van der Waals surface area contributed by atoms with Crippen LogP contribution in [0.15, 0.2) is 48.0 Å². The third-order valence-electron chi connectivity index (χ3n) is 5.02. The molecule has 6 heteroatoms. The van der Waals surface area contributed by atoms with Crippen LogP contribution in [0, 0.1) is 0 Å². The summed E-state index contributed by atoms with van der Waals surface area (Å²) in [5.74, 6) is 1.63. The van der Waals surface area contributed by atoms with E-state index in [2.05, 4.69) is 0 Å². The van der Waals surface area contributed by atoms with Gasteiger partial charge in [0.1, 0.15) is 17.8 Å². The second-order valence-corrected chi connectivity index (χ2v) is 6.83. The second kappa shape index (κ2) is 9.89. The molecule has 0 saturated carbocycles. The topological polar surface area (TPSA) is 66.8 Å². The molecule has 2 aromatic carbocycles. The number of aldehydes is 2. The van der Waals surface area contributed by atoms with Gasteiger partial charge in [-0.1, -0.05) is 6.07 Å². The number of hydrogen-bond donors (Lipinski definition) is 0. The highest BCUT2D eigenvalue weighted by Gasteiger charge is 2.12. The monoisotopic (exact) mass is 407 g/mol. The van der Waals surface area contributed by atoms with E-state index in [4.69, 9.17) is 14.2 Å². The highest BCUT2D eigenvalue weighted by molar-refractivity contribution is 5.89. The molecule has 0 spiro atoms. The van der Waals surface area contributed by atoms with Gasteiger partial charge in [0.15, 0.2) is 6.29 Å². The van der Waals surface area contributed by atoms with Gasteiger partial charge in [0.2, 0.25) is 0 Å². The van der Waals surface area contributed by atoms with E-state index in [9.17, 15) is 9.59 Å². The molecule has 1 aliphatic carbocycles. The number of hydrogen-bond acceptors (Lipinski definition) is 5. The minimum absolute atomic E-state index is 0.571. The van der Waals surface area contributed by atoms with Gasteiger partial charge in [-0.15, -0.1) is 0 Å². The number of aromatic nitrogens is 1. The molecule has 0 fully saturated rings. The molecule has 1 aliphatic rings. The van der Waals surface area contributed by atoms with Gasteiger partial charge >= 0.3 is 0 Å². The van der Waals surface area contributed by atoms with E-state index >= 15 is 0 Å². The van der Waals surface area contributed by atoms with Crippen LogP contribution in [-0.4, -0.2) is 45.1 Å². The van der Waals surface area contributed by atoms with Crippen molar-refractivity contribution in [1.29, 1.82) is 0 Å². The Morgan fingerprint density at radius 3 is 2.33 bits per heavy atom. The summed E-state index contributed by atoms with van der Waals surface area (Å²) in [7, 11) is 4.92. The van der Waals surface area contributed by atoms with Crippen LogP contribution in [0.1, 0.15) is 21.6 Å². The highest BCUT2D eigenvalue weighted by atomic mass is 16.5. The van der Waals surface area contributed by atoms with Crippen molar-refractivity contribution >= 4 is 29.6 Å². The molecule has 156 valence electrons. The van der Waals surface area contributed by atoms with Gasteiger partial charge in [-0.3, -0.25) is 9.59 Å². The van der Waals surface area contributed by atoms with Crippen molar-refractivity contribution in [3.05, 3.63) is 64.9 Å². The largest absolute Gasteiger partial charge is 0.497 e. The van der Waals surface area contributed by atoms with Gasteiger partial charge in [0.05, 0.1) is 32.0 Å². The van der Waals surface area contributed by atoms with E-state index in [1.165, 1.54) is 5.56 Å². The van der Waals surface area contributed by atoms with Crippen LogP contribution >= 0.6 is 0 Å². The summed E-state index contributed by atoms with van der Waals surface area (Å²) in [5.41, 5.74) is 4.78. The van der Waals surface area contributed by atoms with E-state index < -0.39 is 0 Å². The minimum atomic E-state index is 0.571. The van der Waals surface area contributed by atoms with E-state index in [0.717, 1.165) is 52.5 Å². The molecule has 4 rings (SSSR count). The van der Waals surface area contributed by atoms with Crippen molar-refractivity contribution in [3.8, 4) is 11.5 Å². The van der Waals surface area contributed by atoms with Crippen molar-refractivity contribution in [2.45, 2.75) is 13.0 Å². The summed E-state index contributed by atoms with van der Waals surface area (Å²) in [6.45, 7) is 1.23. The number of carbonyl (C=O) groups is 2. The Hall–Kier alpha value is -3.38. The molecular formula is C24H25NO5. The first-order chi connectivity index (χ1) is 14.6. The van der Waals surface area contributed by atoms with Crippen molar-refractivity contribution in [1.82, 2.24) is 4.57 Å². The molecule has 0 radical (unpaired) electrons. The number of methoxy groups -OCH3 is 3. The third kappa shape index (κ3) is 4.60. The Morgan fingerprint density at radius 2 is 1.67 bits per heavy atom. The molecule has 30 heavy (non-hydrogen) atoms. The lowest BCUT2D eigenvalue weighted by molar-refractivity contribution is -0.104. The zero-order valence-corrected chi connectivity index (χ0v) is 17.4. The molecule has 0 amide bonds. The normalized spacial score (nSPS) is 11.9. The Bertz CT molecular complexity index is 1080. The van der Waals surface area contributed by atoms with E-state index in [-0.39, 0.29) is 0 Å². The van der Waals surface area contributed by atoms with Crippen LogP contribution < -0.4 is 9.47 Å². The SMILES string of the molecule is COCCn1c(C=O)cc2ccc(OC)cc21.COc1ccc2c(c1)CC(C=O)=C2. The predicted octanol–water partition coefficient (Wildman–Crippen LogP) is 3.94. The van der Waals surface area contributed by atoms with Gasteiger partial charge < -0.3 is 18.8 Å². The van der Waals surface area contributed by atoms with Gasteiger partial charge in [-0.25, -0.2) is 0 Å². The average Bonchev–Trinajstić information content (AvgIpc) is 3.37. The number of fused-ring (bicyclic) bond motifs is 2. The Morgan fingerprint density at radius 1 is 0.933 bits per heavy atom. The maximum absolute atomic E-state index is 11.0. The lowest BCUT2D eigenvalue weighted by Crippen LogP contribution is -2.07. The quantitative estimate of drug-likeness (QED) is 0.555. The summed E-state index contributed by atoms with van der Waals surface area (Å²) in [6.07, 6.45) is 4.42. The van der Waals surface area contributed by atoms with E-state index in [1.54, 1.807) is 21.3 Å². The number of nitrogens with zero attached hydrogens (tertiary/aromatic N) is 1. The summed E-state index contributed by atoms with van der Waals surface area (Å²) in [6, 6.07) is 13.5. The Labute approximate surface area is 175 Å². The van der Waals surface area contributed by atoms with Gasteiger partial charge in [0.25, 0.3) is 0 Å². The molecule has 0 N–H and O–H groups in total.